The van der Waals surface area contributed by atoms with Gasteiger partial charge in [0.2, 0.25) is 5.91 Å². The van der Waals surface area contributed by atoms with Crippen molar-refractivity contribution in [2.24, 2.45) is 0 Å². The molecule has 2 aromatic carbocycles. The molecule has 0 bridgehead atoms. The normalized spacial score (nSPS) is 16.6. The second-order valence-corrected chi connectivity index (χ2v) is 5.59. The number of carboxylic acid groups (broad SMARTS) is 1. The second kappa shape index (κ2) is 6.63. The van der Waals surface area contributed by atoms with Crippen molar-refractivity contribution in [3.8, 4) is 0 Å². The van der Waals surface area contributed by atoms with E-state index in [1.807, 2.05) is 0 Å². The minimum Gasteiger partial charge on any atom is -0.478 e. The van der Waals surface area contributed by atoms with Crippen molar-refractivity contribution in [3.63, 3.8) is 0 Å². The monoisotopic (exact) mass is 355 g/mol. The number of carbonyl (C=O) groups is 3. The van der Waals surface area contributed by atoms with Gasteiger partial charge in [0.25, 0.3) is 11.6 Å². The van der Waals surface area contributed by atoms with Crippen LogP contribution in [0.1, 0.15) is 16.8 Å². The predicted molar refractivity (Wildman–Crippen MR) is 91.0 cm³/mol. The Hall–Kier alpha value is -3.75. The van der Waals surface area contributed by atoms with Crippen LogP contribution >= 0.6 is 0 Å². The van der Waals surface area contributed by atoms with Crippen molar-refractivity contribution >= 4 is 34.8 Å². The molecule has 0 saturated carbocycles. The van der Waals surface area contributed by atoms with Crippen LogP contribution in [-0.4, -0.2) is 33.9 Å². The molecule has 2 amide bonds. The topological polar surface area (TPSA) is 130 Å². The number of nitro groups is 1. The fraction of sp³-hybridized carbons (Fsp3) is 0.118. The molecule has 9 nitrogen and oxygen atoms in total. The van der Waals surface area contributed by atoms with Gasteiger partial charge in [-0.3, -0.25) is 19.7 Å². The van der Waals surface area contributed by atoms with E-state index in [0.29, 0.717) is 0 Å². The molecular formula is C17H13N3O6. The second-order valence-electron chi connectivity index (χ2n) is 5.59. The number of imide groups is 1. The van der Waals surface area contributed by atoms with Crippen molar-refractivity contribution in [2.75, 3.05) is 10.2 Å². The molecule has 1 aliphatic rings. The minimum absolute atomic E-state index is 0.0300. The molecule has 9 heteroatoms. The number of hydrogen-bond donors (Lipinski definition) is 2. The average Bonchev–Trinajstić information content (AvgIpc) is 2.89. The molecule has 1 atom stereocenters. The van der Waals surface area contributed by atoms with Crippen LogP contribution in [0.3, 0.4) is 0 Å². The van der Waals surface area contributed by atoms with Gasteiger partial charge in [-0.15, -0.1) is 0 Å². The summed E-state index contributed by atoms with van der Waals surface area (Å²) in [6.45, 7) is 0. The van der Waals surface area contributed by atoms with E-state index < -0.39 is 28.7 Å². The standard InChI is InChI=1S/C17H13N3O6/c21-15-9-13(18-12-3-1-2-4-14(12)20(25)26)16(22)19(15)11-7-5-10(6-8-11)17(23)24/h1-8,13,18H,9H2,(H,23,24). The number of carboxylic acids is 1. The summed E-state index contributed by atoms with van der Waals surface area (Å²) in [5, 5.41) is 22.7. The average molecular weight is 355 g/mol. The third kappa shape index (κ3) is 3.09. The van der Waals surface area contributed by atoms with E-state index in [-0.39, 0.29) is 29.0 Å². The molecule has 1 fully saturated rings. The summed E-state index contributed by atoms with van der Waals surface area (Å²) in [6, 6.07) is 10.2. The Morgan fingerprint density at radius 2 is 1.81 bits per heavy atom. The van der Waals surface area contributed by atoms with E-state index in [2.05, 4.69) is 5.32 Å². The Morgan fingerprint density at radius 3 is 2.42 bits per heavy atom. The number of amides is 2. The third-order valence-electron chi connectivity index (χ3n) is 3.95. The van der Waals surface area contributed by atoms with Gasteiger partial charge in [0.1, 0.15) is 11.7 Å². The SMILES string of the molecule is O=C(O)c1ccc(N2C(=O)CC(Nc3ccccc3[N+](=O)[O-])C2=O)cc1. The van der Waals surface area contributed by atoms with Gasteiger partial charge in [-0.1, -0.05) is 12.1 Å². The molecule has 2 N–H and O–H groups in total. The summed E-state index contributed by atoms with van der Waals surface area (Å²) in [7, 11) is 0. The van der Waals surface area contributed by atoms with Crippen LogP contribution < -0.4 is 10.2 Å². The van der Waals surface area contributed by atoms with Gasteiger partial charge in [0.15, 0.2) is 0 Å². The zero-order valence-corrected chi connectivity index (χ0v) is 13.3. The maximum atomic E-state index is 12.6. The highest BCUT2D eigenvalue weighted by Crippen LogP contribution is 2.29. The lowest BCUT2D eigenvalue weighted by Gasteiger charge is -2.16. The van der Waals surface area contributed by atoms with Crippen LogP contribution in [-0.2, 0) is 9.59 Å². The Morgan fingerprint density at radius 1 is 1.15 bits per heavy atom. The number of anilines is 2. The molecule has 1 aliphatic heterocycles. The number of aromatic carboxylic acids is 1. The number of nitrogens with zero attached hydrogens (tertiary/aromatic N) is 2. The number of rotatable bonds is 5. The fourth-order valence-electron chi connectivity index (χ4n) is 2.71. The summed E-state index contributed by atoms with van der Waals surface area (Å²) in [5.74, 6) is -2.16. The molecule has 1 saturated heterocycles. The molecule has 0 aromatic heterocycles. The summed E-state index contributed by atoms with van der Waals surface area (Å²) < 4.78 is 0. The lowest BCUT2D eigenvalue weighted by molar-refractivity contribution is -0.384. The van der Waals surface area contributed by atoms with E-state index in [4.69, 9.17) is 5.11 Å². The molecule has 0 spiro atoms. The summed E-state index contributed by atoms with van der Waals surface area (Å²) in [6.07, 6.45) is -0.161. The van der Waals surface area contributed by atoms with Crippen LogP contribution in [0, 0.1) is 10.1 Å². The Kier molecular flexibility index (Phi) is 4.36. The van der Waals surface area contributed by atoms with Crippen molar-refractivity contribution in [1.29, 1.82) is 0 Å². The maximum absolute atomic E-state index is 12.6. The quantitative estimate of drug-likeness (QED) is 0.477. The summed E-state index contributed by atoms with van der Waals surface area (Å²) >= 11 is 0. The highest BCUT2D eigenvalue weighted by molar-refractivity contribution is 6.23. The maximum Gasteiger partial charge on any atom is 0.335 e. The van der Waals surface area contributed by atoms with Crippen molar-refractivity contribution < 1.29 is 24.4 Å². The van der Waals surface area contributed by atoms with Gasteiger partial charge in [0, 0.05) is 6.07 Å². The molecule has 1 unspecified atom stereocenters. The van der Waals surface area contributed by atoms with Crippen molar-refractivity contribution in [1.82, 2.24) is 0 Å². The van der Waals surface area contributed by atoms with Gasteiger partial charge in [-0.05, 0) is 30.3 Å². The molecule has 1 heterocycles. The smallest absolute Gasteiger partial charge is 0.335 e. The molecular weight excluding hydrogens is 342 g/mol. The Labute approximate surface area is 147 Å². The van der Waals surface area contributed by atoms with Crippen LogP contribution in [0.5, 0.6) is 0 Å². The highest BCUT2D eigenvalue weighted by atomic mass is 16.6. The number of carbonyl (C=O) groups excluding carboxylic acids is 2. The predicted octanol–water partition coefficient (Wildman–Crippen LogP) is 2.04. The van der Waals surface area contributed by atoms with E-state index >= 15 is 0 Å². The van der Waals surface area contributed by atoms with E-state index in [0.717, 1.165) is 4.90 Å². The molecule has 132 valence electrons. The first-order valence-corrected chi connectivity index (χ1v) is 7.58. The van der Waals surface area contributed by atoms with Gasteiger partial charge < -0.3 is 10.4 Å². The van der Waals surface area contributed by atoms with Crippen LogP contribution in [0.15, 0.2) is 48.5 Å². The van der Waals surface area contributed by atoms with E-state index in [1.165, 1.54) is 42.5 Å². The van der Waals surface area contributed by atoms with Crippen LogP contribution in [0.2, 0.25) is 0 Å². The molecule has 0 radical (unpaired) electrons. The number of nitro benzene ring substituents is 1. The van der Waals surface area contributed by atoms with Gasteiger partial charge in [-0.2, -0.15) is 0 Å². The van der Waals surface area contributed by atoms with Crippen molar-refractivity contribution in [2.45, 2.75) is 12.5 Å². The number of benzene rings is 2. The first-order valence-electron chi connectivity index (χ1n) is 7.58. The first kappa shape index (κ1) is 17.1. The summed E-state index contributed by atoms with van der Waals surface area (Å²) in [4.78, 5) is 47.1. The lowest BCUT2D eigenvalue weighted by Crippen LogP contribution is -2.34. The minimum atomic E-state index is -1.12. The largest absolute Gasteiger partial charge is 0.478 e. The zero-order valence-electron chi connectivity index (χ0n) is 13.3. The van der Waals surface area contributed by atoms with Crippen LogP contribution in [0.4, 0.5) is 17.1 Å². The Balaban J connectivity index is 1.83. The van der Waals surface area contributed by atoms with Gasteiger partial charge >= 0.3 is 5.97 Å². The number of nitrogens with one attached hydrogen (secondary N) is 1. The summed E-state index contributed by atoms with van der Waals surface area (Å²) in [5.41, 5.74) is 0.225. The number of para-hydroxylation sites is 2. The molecule has 26 heavy (non-hydrogen) atoms. The Bertz CT molecular complexity index is 909. The number of hydrogen-bond acceptors (Lipinski definition) is 6. The van der Waals surface area contributed by atoms with E-state index in [9.17, 15) is 24.5 Å². The lowest BCUT2D eigenvalue weighted by atomic mass is 10.2. The van der Waals surface area contributed by atoms with Gasteiger partial charge in [0.05, 0.1) is 22.6 Å². The first-order chi connectivity index (χ1) is 12.4. The molecule has 3 rings (SSSR count). The van der Waals surface area contributed by atoms with Gasteiger partial charge in [-0.25, -0.2) is 9.69 Å². The molecule has 0 aliphatic carbocycles. The van der Waals surface area contributed by atoms with Crippen LogP contribution in [0.25, 0.3) is 0 Å². The molecule has 2 aromatic rings. The van der Waals surface area contributed by atoms with E-state index in [1.54, 1.807) is 6.07 Å². The zero-order chi connectivity index (χ0) is 18.8. The fourth-order valence-corrected chi connectivity index (χ4v) is 2.71. The highest BCUT2D eigenvalue weighted by Gasteiger charge is 2.40. The third-order valence-corrected chi connectivity index (χ3v) is 3.95. The van der Waals surface area contributed by atoms with Crippen molar-refractivity contribution in [3.05, 3.63) is 64.2 Å².